The minimum Gasteiger partial charge on any atom is -0.476 e. The van der Waals surface area contributed by atoms with Crippen molar-refractivity contribution in [2.24, 2.45) is 0 Å². The number of aryl methyl sites for hydroxylation is 1. The van der Waals surface area contributed by atoms with E-state index in [2.05, 4.69) is 15.6 Å². The maximum Gasteiger partial charge on any atom is 0.355 e. The number of thiazole rings is 1. The molecule has 110 valence electrons. The molecule has 6 nitrogen and oxygen atoms in total. The first-order valence-electron chi connectivity index (χ1n) is 6.29. The molecule has 2 aromatic rings. The van der Waals surface area contributed by atoms with Crippen molar-refractivity contribution >= 4 is 23.3 Å². The van der Waals surface area contributed by atoms with Crippen LogP contribution in [0.25, 0.3) is 0 Å². The second-order valence-electron chi connectivity index (χ2n) is 4.46. The van der Waals surface area contributed by atoms with Gasteiger partial charge in [0, 0.05) is 11.9 Å². The Labute approximate surface area is 125 Å². The molecule has 1 aromatic carbocycles. The number of hydrogen-bond acceptors (Lipinski definition) is 4. The van der Waals surface area contributed by atoms with Crippen LogP contribution in [0.4, 0.5) is 4.79 Å². The standard InChI is InChI=1S/C14H15N3O3S/c1-9-3-2-4-10(5-9)6-15-14(20)16-7-12-17-11(8-21-12)13(18)19/h2-5,8H,6-7H2,1H3,(H,18,19)(H2,15,16,20). The summed E-state index contributed by atoms with van der Waals surface area (Å²) in [5, 5.41) is 16.1. The number of urea groups is 1. The first-order chi connectivity index (χ1) is 10.0. The van der Waals surface area contributed by atoms with Crippen molar-refractivity contribution in [1.82, 2.24) is 15.6 Å². The molecule has 21 heavy (non-hydrogen) atoms. The van der Waals surface area contributed by atoms with Crippen molar-refractivity contribution in [3.05, 3.63) is 51.5 Å². The number of aromatic carboxylic acids is 1. The number of rotatable bonds is 5. The summed E-state index contributed by atoms with van der Waals surface area (Å²) in [6.07, 6.45) is 0. The van der Waals surface area contributed by atoms with Crippen molar-refractivity contribution in [3.8, 4) is 0 Å². The number of carbonyl (C=O) groups excluding carboxylic acids is 1. The summed E-state index contributed by atoms with van der Waals surface area (Å²) in [5.74, 6) is -1.07. The van der Waals surface area contributed by atoms with Gasteiger partial charge in [-0.25, -0.2) is 14.6 Å². The second kappa shape index (κ2) is 6.85. The van der Waals surface area contributed by atoms with Gasteiger partial charge in [0.1, 0.15) is 5.01 Å². The lowest BCUT2D eigenvalue weighted by Crippen LogP contribution is -2.34. The predicted octanol–water partition coefficient (Wildman–Crippen LogP) is 2.15. The molecule has 0 aliphatic carbocycles. The summed E-state index contributed by atoms with van der Waals surface area (Å²) in [6, 6.07) is 7.55. The molecule has 1 aromatic heterocycles. The van der Waals surface area contributed by atoms with E-state index in [0.29, 0.717) is 11.6 Å². The summed E-state index contributed by atoms with van der Waals surface area (Å²) >= 11 is 1.20. The van der Waals surface area contributed by atoms with Gasteiger partial charge < -0.3 is 15.7 Å². The second-order valence-corrected chi connectivity index (χ2v) is 5.40. The van der Waals surface area contributed by atoms with Crippen LogP contribution in [0.2, 0.25) is 0 Å². The van der Waals surface area contributed by atoms with E-state index in [4.69, 9.17) is 5.11 Å². The Hall–Kier alpha value is -2.41. The number of hydrogen-bond donors (Lipinski definition) is 3. The summed E-state index contributed by atoms with van der Waals surface area (Å²) in [7, 11) is 0. The van der Waals surface area contributed by atoms with Crippen molar-refractivity contribution in [3.63, 3.8) is 0 Å². The maximum absolute atomic E-state index is 11.7. The molecule has 0 fully saturated rings. The highest BCUT2D eigenvalue weighted by atomic mass is 32.1. The lowest BCUT2D eigenvalue weighted by atomic mass is 10.1. The zero-order valence-electron chi connectivity index (χ0n) is 11.4. The van der Waals surface area contributed by atoms with Gasteiger partial charge in [-0.1, -0.05) is 29.8 Å². The fourth-order valence-electron chi connectivity index (χ4n) is 1.71. The van der Waals surface area contributed by atoms with E-state index in [9.17, 15) is 9.59 Å². The maximum atomic E-state index is 11.7. The minimum absolute atomic E-state index is 0.00281. The normalized spacial score (nSPS) is 10.1. The van der Waals surface area contributed by atoms with E-state index in [1.54, 1.807) is 0 Å². The van der Waals surface area contributed by atoms with Crippen LogP contribution in [-0.4, -0.2) is 22.1 Å². The van der Waals surface area contributed by atoms with Crippen molar-refractivity contribution in [1.29, 1.82) is 0 Å². The molecular formula is C14H15N3O3S. The molecule has 0 saturated carbocycles. The first-order valence-corrected chi connectivity index (χ1v) is 7.17. The fourth-order valence-corrected chi connectivity index (χ4v) is 2.42. The molecule has 1 heterocycles. The molecule has 0 atom stereocenters. The van der Waals surface area contributed by atoms with Crippen molar-refractivity contribution < 1.29 is 14.7 Å². The van der Waals surface area contributed by atoms with Crippen LogP contribution in [0.15, 0.2) is 29.6 Å². The largest absolute Gasteiger partial charge is 0.476 e. The number of nitrogens with zero attached hydrogens (tertiary/aromatic N) is 1. The zero-order chi connectivity index (χ0) is 15.2. The van der Waals surface area contributed by atoms with E-state index in [-0.39, 0.29) is 18.3 Å². The van der Waals surface area contributed by atoms with Gasteiger partial charge in [-0.3, -0.25) is 0 Å². The third-order valence-electron chi connectivity index (χ3n) is 2.71. The molecule has 0 bridgehead atoms. The molecular weight excluding hydrogens is 290 g/mol. The molecule has 2 amide bonds. The predicted molar refractivity (Wildman–Crippen MR) is 79.3 cm³/mol. The number of carboxylic acid groups (broad SMARTS) is 1. The van der Waals surface area contributed by atoms with Crippen LogP contribution in [-0.2, 0) is 13.1 Å². The van der Waals surface area contributed by atoms with E-state index < -0.39 is 5.97 Å². The lowest BCUT2D eigenvalue weighted by Gasteiger charge is -2.07. The quantitative estimate of drug-likeness (QED) is 0.789. The minimum atomic E-state index is -1.07. The SMILES string of the molecule is Cc1cccc(CNC(=O)NCc2nc(C(=O)O)cs2)c1. The van der Waals surface area contributed by atoms with E-state index in [1.165, 1.54) is 16.7 Å². The summed E-state index contributed by atoms with van der Waals surface area (Å²) in [6.45, 7) is 2.63. The van der Waals surface area contributed by atoms with E-state index >= 15 is 0 Å². The van der Waals surface area contributed by atoms with E-state index in [1.807, 2.05) is 31.2 Å². The van der Waals surface area contributed by atoms with Crippen LogP contribution in [0.1, 0.15) is 26.6 Å². The van der Waals surface area contributed by atoms with E-state index in [0.717, 1.165) is 11.1 Å². The summed E-state index contributed by atoms with van der Waals surface area (Å²) < 4.78 is 0. The Morgan fingerprint density at radius 2 is 2.05 bits per heavy atom. The van der Waals surface area contributed by atoms with Crippen LogP contribution < -0.4 is 10.6 Å². The highest BCUT2D eigenvalue weighted by molar-refractivity contribution is 7.09. The lowest BCUT2D eigenvalue weighted by molar-refractivity contribution is 0.0691. The zero-order valence-corrected chi connectivity index (χ0v) is 12.2. The molecule has 0 radical (unpaired) electrons. The number of carboxylic acids is 1. The first kappa shape index (κ1) is 15.0. The van der Waals surface area contributed by atoms with Crippen LogP contribution in [0.3, 0.4) is 0 Å². The highest BCUT2D eigenvalue weighted by Gasteiger charge is 2.09. The molecule has 2 rings (SSSR count). The van der Waals surface area contributed by atoms with Gasteiger partial charge in [-0.2, -0.15) is 0 Å². The molecule has 0 unspecified atom stereocenters. The number of nitrogens with one attached hydrogen (secondary N) is 2. The number of benzene rings is 1. The fraction of sp³-hybridized carbons (Fsp3) is 0.214. The topological polar surface area (TPSA) is 91.3 Å². The molecule has 0 spiro atoms. The molecule has 0 saturated heterocycles. The molecule has 0 aliphatic heterocycles. The number of carbonyl (C=O) groups is 2. The van der Waals surface area contributed by atoms with Crippen molar-refractivity contribution in [2.45, 2.75) is 20.0 Å². The summed E-state index contributed by atoms with van der Waals surface area (Å²) in [4.78, 5) is 26.2. The average Bonchev–Trinajstić information content (AvgIpc) is 2.92. The Morgan fingerprint density at radius 3 is 2.71 bits per heavy atom. The van der Waals surface area contributed by atoms with Crippen LogP contribution in [0, 0.1) is 6.92 Å². The van der Waals surface area contributed by atoms with Crippen LogP contribution >= 0.6 is 11.3 Å². The van der Waals surface area contributed by atoms with Gasteiger partial charge in [0.25, 0.3) is 0 Å². The van der Waals surface area contributed by atoms with Gasteiger partial charge in [0.05, 0.1) is 6.54 Å². The summed E-state index contributed by atoms with van der Waals surface area (Å²) in [5.41, 5.74) is 2.16. The molecule has 0 aliphatic rings. The monoisotopic (exact) mass is 305 g/mol. The molecule has 7 heteroatoms. The smallest absolute Gasteiger partial charge is 0.355 e. The Balaban J connectivity index is 1.78. The van der Waals surface area contributed by atoms with Gasteiger partial charge >= 0.3 is 12.0 Å². The van der Waals surface area contributed by atoms with Gasteiger partial charge in [0.15, 0.2) is 5.69 Å². The number of amides is 2. The van der Waals surface area contributed by atoms with Gasteiger partial charge in [0.2, 0.25) is 0 Å². The number of aromatic nitrogens is 1. The van der Waals surface area contributed by atoms with Gasteiger partial charge in [-0.15, -0.1) is 11.3 Å². The third-order valence-corrected chi connectivity index (χ3v) is 3.56. The average molecular weight is 305 g/mol. The Kier molecular flexibility index (Phi) is 4.89. The van der Waals surface area contributed by atoms with Crippen LogP contribution in [0.5, 0.6) is 0 Å². The Bertz CT molecular complexity index is 654. The van der Waals surface area contributed by atoms with Crippen molar-refractivity contribution in [2.75, 3.05) is 0 Å². The molecule has 3 N–H and O–H groups in total. The Morgan fingerprint density at radius 1 is 1.29 bits per heavy atom. The van der Waals surface area contributed by atoms with Gasteiger partial charge in [-0.05, 0) is 12.5 Å². The highest BCUT2D eigenvalue weighted by Crippen LogP contribution is 2.09. The third kappa shape index (κ3) is 4.57.